The van der Waals surface area contributed by atoms with Gasteiger partial charge in [0.15, 0.2) is 0 Å². The maximum absolute atomic E-state index is 5.97. The Labute approximate surface area is 151 Å². The lowest BCUT2D eigenvalue weighted by molar-refractivity contribution is 0.375. The molecule has 0 amide bonds. The third kappa shape index (κ3) is 4.51. The number of rotatable bonds is 5. The van der Waals surface area contributed by atoms with Crippen LogP contribution in [-0.2, 0) is 0 Å². The van der Waals surface area contributed by atoms with Gasteiger partial charge in [-0.2, -0.15) is 0 Å². The van der Waals surface area contributed by atoms with Gasteiger partial charge in [0.05, 0.1) is 0 Å². The van der Waals surface area contributed by atoms with Crippen LogP contribution in [0.5, 0.6) is 0 Å². The Morgan fingerprint density at radius 3 is 2.04 bits per heavy atom. The Morgan fingerprint density at radius 2 is 1.46 bits per heavy atom. The van der Waals surface area contributed by atoms with Crippen LogP contribution in [0.15, 0.2) is 60.7 Å². The normalized spacial score (nSPS) is 21.2. The molecule has 1 aliphatic rings. The molecule has 2 aromatic rings. The highest BCUT2D eigenvalue weighted by molar-refractivity contribution is 6.30. The van der Waals surface area contributed by atoms with Crippen LogP contribution in [0.4, 0.5) is 0 Å². The van der Waals surface area contributed by atoms with Gasteiger partial charge in [0, 0.05) is 5.02 Å². The molecule has 24 heavy (non-hydrogen) atoms. The number of halogens is 1. The molecule has 126 valence electrons. The van der Waals surface area contributed by atoms with Crippen LogP contribution in [-0.4, -0.2) is 0 Å². The molecular formula is C23H27Cl. The van der Waals surface area contributed by atoms with Crippen molar-refractivity contribution in [2.24, 2.45) is 5.92 Å². The summed E-state index contributed by atoms with van der Waals surface area (Å²) >= 11 is 5.97. The second-order valence-corrected chi connectivity index (χ2v) is 7.39. The van der Waals surface area contributed by atoms with E-state index in [-0.39, 0.29) is 0 Å². The van der Waals surface area contributed by atoms with E-state index < -0.39 is 0 Å². The fourth-order valence-electron chi connectivity index (χ4n) is 3.69. The van der Waals surface area contributed by atoms with E-state index in [1.807, 2.05) is 12.1 Å². The summed E-state index contributed by atoms with van der Waals surface area (Å²) in [6.07, 6.45) is 12.6. The Hall–Kier alpha value is -1.53. The zero-order valence-corrected chi connectivity index (χ0v) is 15.3. The summed E-state index contributed by atoms with van der Waals surface area (Å²) in [5, 5.41) is 0.792. The molecule has 0 nitrogen and oxygen atoms in total. The third-order valence-electron chi connectivity index (χ3n) is 5.20. The van der Waals surface area contributed by atoms with Crippen LogP contribution < -0.4 is 0 Å². The molecule has 1 heteroatoms. The maximum atomic E-state index is 5.97. The lowest BCUT2D eigenvalue weighted by atomic mass is 9.78. The van der Waals surface area contributed by atoms with E-state index in [1.54, 1.807) is 0 Å². The lowest BCUT2D eigenvalue weighted by Gasteiger charge is -2.27. The van der Waals surface area contributed by atoms with Crippen molar-refractivity contribution in [3.05, 3.63) is 71.3 Å². The van der Waals surface area contributed by atoms with Crippen LogP contribution >= 0.6 is 11.6 Å². The molecule has 0 unspecified atom stereocenters. The predicted molar refractivity (Wildman–Crippen MR) is 106 cm³/mol. The lowest BCUT2D eigenvalue weighted by Crippen LogP contribution is -2.11. The highest BCUT2D eigenvalue weighted by atomic mass is 35.5. The average Bonchev–Trinajstić information content (AvgIpc) is 2.63. The minimum absolute atomic E-state index is 0.736. The maximum Gasteiger partial charge on any atom is 0.0406 e. The van der Waals surface area contributed by atoms with E-state index in [2.05, 4.69) is 55.5 Å². The Morgan fingerprint density at radius 1 is 0.875 bits per heavy atom. The van der Waals surface area contributed by atoms with Crippen LogP contribution in [0, 0.1) is 5.92 Å². The van der Waals surface area contributed by atoms with E-state index in [0.717, 1.165) is 16.9 Å². The summed E-state index contributed by atoms with van der Waals surface area (Å²) in [6, 6.07) is 17.2. The highest BCUT2D eigenvalue weighted by Gasteiger charge is 2.20. The number of hydrogen-bond donors (Lipinski definition) is 0. The predicted octanol–water partition coefficient (Wildman–Crippen LogP) is 7.64. The first-order valence-corrected chi connectivity index (χ1v) is 9.66. The second-order valence-electron chi connectivity index (χ2n) is 6.96. The van der Waals surface area contributed by atoms with Crippen LogP contribution in [0.1, 0.15) is 56.9 Å². The molecule has 0 atom stereocenters. The zero-order chi connectivity index (χ0) is 16.8. The average molecular weight is 339 g/mol. The molecular weight excluding hydrogens is 312 g/mol. The van der Waals surface area contributed by atoms with Gasteiger partial charge in [-0.1, -0.05) is 73.5 Å². The van der Waals surface area contributed by atoms with Crippen molar-refractivity contribution in [1.82, 2.24) is 0 Å². The standard InChI is InChI=1S/C23H27Cl/c1-2-3-4-5-18-6-8-19(9-7-18)20-10-12-21(13-11-20)22-14-16-23(24)17-15-22/h4-5,10-19H,2-3,6-9H2,1H3/b5-4+/t18-,19-. The monoisotopic (exact) mass is 338 g/mol. The first-order valence-electron chi connectivity index (χ1n) is 9.29. The smallest absolute Gasteiger partial charge is 0.0406 e. The van der Waals surface area contributed by atoms with Gasteiger partial charge >= 0.3 is 0 Å². The van der Waals surface area contributed by atoms with Crippen molar-refractivity contribution in [3.8, 4) is 11.1 Å². The van der Waals surface area contributed by atoms with Crippen LogP contribution in [0.25, 0.3) is 11.1 Å². The van der Waals surface area contributed by atoms with E-state index in [0.29, 0.717) is 0 Å². The molecule has 1 saturated carbocycles. The van der Waals surface area contributed by atoms with Crippen molar-refractivity contribution >= 4 is 11.6 Å². The molecule has 0 radical (unpaired) electrons. The minimum atomic E-state index is 0.736. The zero-order valence-electron chi connectivity index (χ0n) is 14.5. The molecule has 2 aromatic carbocycles. The van der Waals surface area contributed by atoms with Crippen molar-refractivity contribution in [1.29, 1.82) is 0 Å². The van der Waals surface area contributed by atoms with Gasteiger partial charge in [-0.3, -0.25) is 0 Å². The Balaban J connectivity index is 1.59. The molecule has 0 bridgehead atoms. The van der Waals surface area contributed by atoms with E-state index >= 15 is 0 Å². The quantitative estimate of drug-likeness (QED) is 0.491. The van der Waals surface area contributed by atoms with Gasteiger partial charge in [-0.25, -0.2) is 0 Å². The summed E-state index contributed by atoms with van der Waals surface area (Å²) in [7, 11) is 0. The van der Waals surface area contributed by atoms with Gasteiger partial charge in [0.2, 0.25) is 0 Å². The summed E-state index contributed by atoms with van der Waals surface area (Å²) in [6.45, 7) is 2.24. The fraction of sp³-hybridized carbons (Fsp3) is 0.391. The highest BCUT2D eigenvalue weighted by Crippen LogP contribution is 2.37. The van der Waals surface area contributed by atoms with Gasteiger partial charge in [0.1, 0.15) is 0 Å². The number of benzene rings is 2. The molecule has 3 rings (SSSR count). The SMILES string of the molecule is CCC/C=C/[C@H]1CC[C@H](c2ccc(-c3ccc(Cl)cc3)cc2)CC1. The third-order valence-corrected chi connectivity index (χ3v) is 5.45. The second kappa shape index (κ2) is 8.53. The number of allylic oxidation sites excluding steroid dienone is 2. The van der Waals surface area contributed by atoms with Gasteiger partial charge in [-0.15, -0.1) is 0 Å². The largest absolute Gasteiger partial charge is 0.0883 e. The minimum Gasteiger partial charge on any atom is -0.0883 e. The summed E-state index contributed by atoms with van der Waals surface area (Å²) in [5.41, 5.74) is 4.01. The number of hydrogen-bond acceptors (Lipinski definition) is 0. The van der Waals surface area contributed by atoms with Crippen molar-refractivity contribution in [2.45, 2.75) is 51.4 Å². The van der Waals surface area contributed by atoms with Crippen LogP contribution in [0.3, 0.4) is 0 Å². The molecule has 0 saturated heterocycles. The van der Waals surface area contributed by atoms with E-state index in [4.69, 9.17) is 11.6 Å². The van der Waals surface area contributed by atoms with Crippen molar-refractivity contribution in [3.63, 3.8) is 0 Å². The van der Waals surface area contributed by atoms with Gasteiger partial charge in [-0.05, 0) is 72.8 Å². The topological polar surface area (TPSA) is 0 Å². The fourth-order valence-corrected chi connectivity index (χ4v) is 3.82. The molecule has 0 aromatic heterocycles. The number of unbranched alkanes of at least 4 members (excludes halogenated alkanes) is 1. The molecule has 1 aliphatic carbocycles. The van der Waals surface area contributed by atoms with Crippen molar-refractivity contribution < 1.29 is 0 Å². The van der Waals surface area contributed by atoms with E-state index in [1.165, 1.54) is 55.2 Å². The molecule has 0 aliphatic heterocycles. The summed E-state index contributed by atoms with van der Waals surface area (Å²) in [4.78, 5) is 0. The molecule has 1 fully saturated rings. The first-order chi connectivity index (χ1) is 11.8. The Bertz CT molecular complexity index is 643. The van der Waals surface area contributed by atoms with E-state index in [9.17, 15) is 0 Å². The molecule has 0 heterocycles. The summed E-state index contributed by atoms with van der Waals surface area (Å²) in [5.74, 6) is 1.54. The van der Waals surface area contributed by atoms with Crippen molar-refractivity contribution in [2.75, 3.05) is 0 Å². The Kier molecular flexibility index (Phi) is 6.15. The molecule has 0 spiro atoms. The molecule has 0 N–H and O–H groups in total. The van der Waals surface area contributed by atoms with Crippen LogP contribution in [0.2, 0.25) is 5.02 Å². The first kappa shape index (κ1) is 17.3. The van der Waals surface area contributed by atoms with Gasteiger partial charge in [0.25, 0.3) is 0 Å². The summed E-state index contributed by atoms with van der Waals surface area (Å²) < 4.78 is 0. The van der Waals surface area contributed by atoms with Gasteiger partial charge < -0.3 is 0 Å².